The lowest BCUT2D eigenvalue weighted by molar-refractivity contribution is 0.112. The van der Waals surface area contributed by atoms with E-state index in [1.165, 1.54) is 0 Å². The molecule has 2 nitrogen and oxygen atoms in total. The first kappa shape index (κ1) is 13.4. The molecule has 0 aliphatic carbocycles. The first-order valence-corrected chi connectivity index (χ1v) is 6.85. The van der Waals surface area contributed by atoms with Crippen molar-refractivity contribution in [2.45, 2.75) is 6.92 Å². The third-order valence-corrected chi connectivity index (χ3v) is 3.69. The van der Waals surface area contributed by atoms with Gasteiger partial charge in [0.25, 0.3) is 0 Å². The van der Waals surface area contributed by atoms with Gasteiger partial charge in [-0.3, -0.25) is 4.79 Å². The molecule has 0 heterocycles. The van der Waals surface area contributed by atoms with Crippen molar-refractivity contribution in [3.63, 3.8) is 0 Å². The SMILES string of the molecule is COc1ccc2cc(-c3cc(C)ccc3C=O)ccc2c1. The van der Waals surface area contributed by atoms with Crippen molar-refractivity contribution < 1.29 is 9.53 Å². The Morgan fingerprint density at radius 3 is 2.43 bits per heavy atom. The van der Waals surface area contributed by atoms with Crippen molar-refractivity contribution >= 4 is 17.1 Å². The number of aldehydes is 1. The number of ether oxygens (including phenoxy) is 1. The van der Waals surface area contributed by atoms with Gasteiger partial charge in [0.15, 0.2) is 6.29 Å². The number of hydrogen-bond acceptors (Lipinski definition) is 2. The van der Waals surface area contributed by atoms with E-state index in [1.54, 1.807) is 7.11 Å². The molecule has 3 rings (SSSR count). The first-order valence-electron chi connectivity index (χ1n) is 6.85. The second-order valence-corrected chi connectivity index (χ2v) is 5.14. The molecule has 0 spiro atoms. The molecule has 0 saturated heterocycles. The molecule has 0 atom stereocenters. The summed E-state index contributed by atoms with van der Waals surface area (Å²) in [5, 5.41) is 2.25. The number of aryl methyl sites for hydroxylation is 1. The van der Waals surface area contributed by atoms with Gasteiger partial charge in [0.1, 0.15) is 5.75 Å². The van der Waals surface area contributed by atoms with E-state index in [1.807, 2.05) is 43.3 Å². The van der Waals surface area contributed by atoms with Gasteiger partial charge >= 0.3 is 0 Å². The predicted octanol–water partition coefficient (Wildman–Crippen LogP) is 4.64. The highest BCUT2D eigenvalue weighted by Gasteiger charge is 2.06. The van der Waals surface area contributed by atoms with Crippen LogP contribution in [0.2, 0.25) is 0 Å². The zero-order valence-electron chi connectivity index (χ0n) is 12.1. The fourth-order valence-electron chi connectivity index (χ4n) is 2.54. The topological polar surface area (TPSA) is 26.3 Å². The summed E-state index contributed by atoms with van der Waals surface area (Å²) >= 11 is 0. The fraction of sp³-hybridized carbons (Fsp3) is 0.105. The number of benzene rings is 3. The molecule has 0 unspecified atom stereocenters. The minimum absolute atomic E-state index is 0.716. The van der Waals surface area contributed by atoms with Crippen LogP contribution in [0.15, 0.2) is 54.6 Å². The Hall–Kier alpha value is -2.61. The van der Waals surface area contributed by atoms with Crippen molar-refractivity contribution in [2.24, 2.45) is 0 Å². The summed E-state index contributed by atoms with van der Waals surface area (Å²) in [6.45, 7) is 2.03. The van der Waals surface area contributed by atoms with Crippen LogP contribution >= 0.6 is 0 Å². The summed E-state index contributed by atoms with van der Waals surface area (Å²) in [5.74, 6) is 0.847. The molecule has 21 heavy (non-hydrogen) atoms. The van der Waals surface area contributed by atoms with Crippen LogP contribution in [0.4, 0.5) is 0 Å². The molecule has 2 heteroatoms. The zero-order valence-corrected chi connectivity index (χ0v) is 12.1. The van der Waals surface area contributed by atoms with Gasteiger partial charge < -0.3 is 4.74 Å². The van der Waals surface area contributed by atoms with E-state index in [4.69, 9.17) is 4.74 Å². The van der Waals surface area contributed by atoms with Gasteiger partial charge in [-0.2, -0.15) is 0 Å². The normalized spacial score (nSPS) is 10.6. The van der Waals surface area contributed by atoms with Crippen molar-refractivity contribution in [3.05, 3.63) is 65.7 Å². The largest absolute Gasteiger partial charge is 0.497 e. The van der Waals surface area contributed by atoms with Crippen LogP contribution in [-0.2, 0) is 0 Å². The Morgan fingerprint density at radius 2 is 1.67 bits per heavy atom. The molecular weight excluding hydrogens is 260 g/mol. The van der Waals surface area contributed by atoms with E-state index < -0.39 is 0 Å². The lowest BCUT2D eigenvalue weighted by atomic mass is 9.96. The monoisotopic (exact) mass is 276 g/mol. The Kier molecular flexibility index (Phi) is 3.44. The smallest absolute Gasteiger partial charge is 0.150 e. The third-order valence-electron chi connectivity index (χ3n) is 3.69. The quantitative estimate of drug-likeness (QED) is 0.652. The molecule has 0 radical (unpaired) electrons. The molecule has 104 valence electrons. The highest BCUT2D eigenvalue weighted by molar-refractivity contribution is 5.93. The van der Waals surface area contributed by atoms with Crippen molar-refractivity contribution in [1.29, 1.82) is 0 Å². The number of rotatable bonds is 3. The predicted molar refractivity (Wildman–Crippen MR) is 86.1 cm³/mol. The van der Waals surface area contributed by atoms with E-state index in [0.29, 0.717) is 5.56 Å². The van der Waals surface area contributed by atoms with Crippen LogP contribution in [0.1, 0.15) is 15.9 Å². The summed E-state index contributed by atoms with van der Waals surface area (Å²) in [5.41, 5.74) is 3.89. The lowest BCUT2D eigenvalue weighted by Gasteiger charge is -2.09. The second kappa shape index (κ2) is 5.41. The summed E-state index contributed by atoms with van der Waals surface area (Å²) in [4.78, 5) is 11.2. The summed E-state index contributed by atoms with van der Waals surface area (Å²) in [6.07, 6.45) is 0.910. The molecule has 0 fully saturated rings. The minimum Gasteiger partial charge on any atom is -0.497 e. The van der Waals surface area contributed by atoms with E-state index in [9.17, 15) is 4.79 Å². The van der Waals surface area contributed by atoms with Crippen LogP contribution in [0.25, 0.3) is 21.9 Å². The van der Waals surface area contributed by atoms with E-state index >= 15 is 0 Å². The number of methoxy groups -OCH3 is 1. The molecule has 0 bridgehead atoms. The molecule has 3 aromatic carbocycles. The standard InChI is InChI=1S/C19H16O2/c1-13-3-4-17(12-20)19(9-13)16-6-5-15-11-18(21-2)8-7-14(15)10-16/h3-12H,1-2H3. The molecule has 0 aliphatic heterocycles. The van der Waals surface area contributed by atoms with Crippen LogP contribution in [0, 0.1) is 6.92 Å². The van der Waals surface area contributed by atoms with Gasteiger partial charge in [-0.05, 0) is 47.0 Å². The molecule has 0 aliphatic rings. The van der Waals surface area contributed by atoms with Crippen molar-refractivity contribution in [1.82, 2.24) is 0 Å². The molecule has 0 amide bonds. The third kappa shape index (κ3) is 2.52. The van der Waals surface area contributed by atoms with E-state index in [-0.39, 0.29) is 0 Å². The van der Waals surface area contributed by atoms with Crippen LogP contribution in [-0.4, -0.2) is 13.4 Å². The summed E-state index contributed by atoms with van der Waals surface area (Å²) in [6, 6.07) is 18.1. The maximum Gasteiger partial charge on any atom is 0.150 e. The maximum atomic E-state index is 11.2. The van der Waals surface area contributed by atoms with Crippen LogP contribution in [0.3, 0.4) is 0 Å². The lowest BCUT2D eigenvalue weighted by Crippen LogP contribution is -1.89. The van der Waals surface area contributed by atoms with Gasteiger partial charge in [0, 0.05) is 5.56 Å². The fourth-order valence-corrected chi connectivity index (χ4v) is 2.54. The molecule has 0 N–H and O–H groups in total. The number of hydrogen-bond donors (Lipinski definition) is 0. The molecule has 0 saturated carbocycles. The maximum absolute atomic E-state index is 11.2. The average Bonchev–Trinajstić information content (AvgIpc) is 2.53. The van der Waals surface area contributed by atoms with Gasteiger partial charge in [0.05, 0.1) is 7.11 Å². The van der Waals surface area contributed by atoms with E-state index in [2.05, 4.69) is 18.2 Å². The molecule has 3 aromatic rings. The van der Waals surface area contributed by atoms with Gasteiger partial charge in [-0.25, -0.2) is 0 Å². The highest BCUT2D eigenvalue weighted by atomic mass is 16.5. The van der Waals surface area contributed by atoms with Crippen LogP contribution in [0.5, 0.6) is 5.75 Å². The van der Waals surface area contributed by atoms with Gasteiger partial charge in [-0.15, -0.1) is 0 Å². The molecular formula is C19H16O2. The van der Waals surface area contributed by atoms with Crippen molar-refractivity contribution in [3.8, 4) is 16.9 Å². The zero-order chi connectivity index (χ0) is 14.8. The average molecular weight is 276 g/mol. The second-order valence-electron chi connectivity index (χ2n) is 5.14. The number of fused-ring (bicyclic) bond motifs is 1. The Labute approximate surface area is 124 Å². The highest BCUT2D eigenvalue weighted by Crippen LogP contribution is 2.29. The Bertz CT molecular complexity index is 819. The number of carbonyl (C=O) groups excluding carboxylic acids is 1. The van der Waals surface area contributed by atoms with E-state index in [0.717, 1.165) is 39.5 Å². The Morgan fingerprint density at radius 1 is 0.905 bits per heavy atom. The van der Waals surface area contributed by atoms with Gasteiger partial charge in [0.2, 0.25) is 0 Å². The summed E-state index contributed by atoms with van der Waals surface area (Å²) in [7, 11) is 1.67. The number of carbonyl (C=O) groups is 1. The van der Waals surface area contributed by atoms with Crippen molar-refractivity contribution in [2.75, 3.05) is 7.11 Å². The van der Waals surface area contributed by atoms with Crippen LogP contribution < -0.4 is 4.74 Å². The molecule has 0 aromatic heterocycles. The summed E-state index contributed by atoms with van der Waals surface area (Å²) < 4.78 is 5.24. The van der Waals surface area contributed by atoms with Gasteiger partial charge in [-0.1, -0.05) is 42.0 Å². The Balaban J connectivity index is 2.17. The first-order chi connectivity index (χ1) is 10.2. The minimum atomic E-state index is 0.716.